The summed E-state index contributed by atoms with van der Waals surface area (Å²) < 4.78 is 35.4. The van der Waals surface area contributed by atoms with Crippen molar-refractivity contribution in [3.63, 3.8) is 0 Å². The third-order valence-corrected chi connectivity index (χ3v) is 2.20. The summed E-state index contributed by atoms with van der Waals surface area (Å²) in [6, 6.07) is 9.28. The van der Waals surface area contributed by atoms with Crippen LogP contribution in [0.1, 0.15) is 12.0 Å². The summed E-state index contributed by atoms with van der Waals surface area (Å²) in [6.07, 6.45) is -5.12. The average Bonchev–Trinajstić information content (AvgIpc) is 2.32. The zero-order valence-corrected chi connectivity index (χ0v) is 9.76. The summed E-state index contributed by atoms with van der Waals surface area (Å²) >= 11 is 0. The number of benzene rings is 1. The first-order chi connectivity index (χ1) is 8.47. The number of hydrogen-bond acceptors (Lipinski definition) is 2. The van der Waals surface area contributed by atoms with Crippen LogP contribution in [0.25, 0.3) is 0 Å². The minimum atomic E-state index is -4.19. The predicted octanol–water partition coefficient (Wildman–Crippen LogP) is 1.84. The third kappa shape index (κ3) is 6.90. The Morgan fingerprint density at radius 2 is 1.83 bits per heavy atom. The van der Waals surface area contributed by atoms with Crippen molar-refractivity contribution in [2.45, 2.75) is 19.1 Å². The maximum atomic E-state index is 11.8. The molecule has 1 rings (SSSR count). The molecule has 0 aliphatic heterocycles. The summed E-state index contributed by atoms with van der Waals surface area (Å²) in [6.45, 7) is 0.0196. The Kier molecular flexibility index (Phi) is 5.64. The standard InChI is InChI=1S/C12H15F3N2O/c13-12(14,15)6-7-16-9-11(18)17-8-10-4-2-1-3-5-10/h1-5,16H,6-9H2,(H,17,18). The fourth-order valence-electron chi connectivity index (χ4n) is 1.29. The summed E-state index contributed by atoms with van der Waals surface area (Å²) in [5.74, 6) is -0.318. The van der Waals surface area contributed by atoms with Gasteiger partial charge in [0.15, 0.2) is 0 Å². The summed E-state index contributed by atoms with van der Waals surface area (Å²) in [7, 11) is 0. The normalized spacial score (nSPS) is 11.3. The number of amides is 1. The van der Waals surface area contributed by atoms with Gasteiger partial charge >= 0.3 is 6.18 Å². The van der Waals surface area contributed by atoms with Crippen LogP contribution in [-0.2, 0) is 11.3 Å². The Hall–Kier alpha value is -1.56. The Balaban J connectivity index is 2.11. The van der Waals surface area contributed by atoms with E-state index >= 15 is 0 Å². The van der Waals surface area contributed by atoms with Gasteiger partial charge in [-0.15, -0.1) is 0 Å². The van der Waals surface area contributed by atoms with E-state index in [2.05, 4.69) is 10.6 Å². The first-order valence-corrected chi connectivity index (χ1v) is 5.55. The molecule has 0 fully saturated rings. The van der Waals surface area contributed by atoms with Crippen molar-refractivity contribution >= 4 is 5.91 Å². The first-order valence-electron chi connectivity index (χ1n) is 5.55. The highest BCUT2D eigenvalue weighted by molar-refractivity contribution is 5.77. The van der Waals surface area contributed by atoms with Gasteiger partial charge in [-0.05, 0) is 5.56 Å². The molecular weight excluding hydrogens is 245 g/mol. The number of alkyl halides is 3. The highest BCUT2D eigenvalue weighted by atomic mass is 19.4. The molecule has 1 aromatic carbocycles. The fraction of sp³-hybridized carbons (Fsp3) is 0.417. The first kappa shape index (κ1) is 14.5. The molecule has 0 spiro atoms. The smallest absolute Gasteiger partial charge is 0.351 e. The van der Waals surface area contributed by atoms with Crippen LogP contribution in [0.5, 0.6) is 0 Å². The molecule has 1 amide bonds. The molecule has 0 heterocycles. The van der Waals surface area contributed by atoms with Crippen molar-refractivity contribution < 1.29 is 18.0 Å². The van der Waals surface area contributed by atoms with Crippen molar-refractivity contribution in [3.8, 4) is 0 Å². The molecule has 0 aliphatic rings. The molecule has 0 saturated heterocycles. The largest absolute Gasteiger partial charge is 0.390 e. The number of rotatable bonds is 6. The van der Waals surface area contributed by atoms with E-state index in [1.165, 1.54) is 0 Å². The number of nitrogens with one attached hydrogen (secondary N) is 2. The molecule has 100 valence electrons. The van der Waals surface area contributed by atoms with Crippen LogP contribution in [0.4, 0.5) is 13.2 Å². The molecule has 0 unspecified atom stereocenters. The Morgan fingerprint density at radius 1 is 1.17 bits per heavy atom. The van der Waals surface area contributed by atoms with Gasteiger partial charge in [-0.2, -0.15) is 13.2 Å². The third-order valence-electron chi connectivity index (χ3n) is 2.20. The van der Waals surface area contributed by atoms with Crippen molar-refractivity contribution in [3.05, 3.63) is 35.9 Å². The van der Waals surface area contributed by atoms with E-state index in [0.717, 1.165) is 5.56 Å². The second-order valence-corrected chi connectivity index (χ2v) is 3.80. The molecule has 0 aliphatic carbocycles. The fourth-order valence-corrected chi connectivity index (χ4v) is 1.29. The maximum absolute atomic E-state index is 11.8. The Morgan fingerprint density at radius 3 is 2.44 bits per heavy atom. The number of carbonyl (C=O) groups excluding carboxylic acids is 1. The van der Waals surface area contributed by atoms with Crippen LogP contribution in [0.3, 0.4) is 0 Å². The van der Waals surface area contributed by atoms with Crippen LogP contribution in [0, 0.1) is 0 Å². The minimum Gasteiger partial charge on any atom is -0.351 e. The summed E-state index contributed by atoms with van der Waals surface area (Å²) in [4.78, 5) is 11.3. The zero-order chi connectivity index (χ0) is 13.4. The molecule has 0 bridgehead atoms. The van der Waals surface area contributed by atoms with Gasteiger partial charge in [0.05, 0.1) is 13.0 Å². The van der Waals surface area contributed by atoms with Gasteiger partial charge < -0.3 is 10.6 Å². The van der Waals surface area contributed by atoms with E-state index < -0.39 is 12.6 Å². The van der Waals surface area contributed by atoms with Crippen molar-refractivity contribution in [2.24, 2.45) is 0 Å². The average molecular weight is 260 g/mol. The summed E-state index contributed by atoms with van der Waals surface area (Å²) in [5, 5.41) is 5.06. The zero-order valence-electron chi connectivity index (χ0n) is 9.76. The molecule has 2 N–H and O–H groups in total. The van der Waals surface area contributed by atoms with Gasteiger partial charge in [0, 0.05) is 13.1 Å². The molecule has 1 aromatic rings. The minimum absolute atomic E-state index is 0.108. The van der Waals surface area contributed by atoms with Crippen molar-refractivity contribution in [1.29, 1.82) is 0 Å². The molecule has 18 heavy (non-hydrogen) atoms. The van der Waals surface area contributed by atoms with Crippen LogP contribution < -0.4 is 10.6 Å². The van der Waals surface area contributed by atoms with E-state index in [4.69, 9.17) is 0 Å². The summed E-state index contributed by atoms with van der Waals surface area (Å²) in [5.41, 5.74) is 0.946. The van der Waals surface area contributed by atoms with Crippen molar-refractivity contribution in [2.75, 3.05) is 13.1 Å². The Bertz CT molecular complexity index is 365. The van der Waals surface area contributed by atoms with Crippen molar-refractivity contribution in [1.82, 2.24) is 10.6 Å². The molecule has 0 aromatic heterocycles. The SMILES string of the molecule is O=C(CNCCC(F)(F)F)NCc1ccccc1. The molecule has 3 nitrogen and oxygen atoms in total. The maximum Gasteiger partial charge on any atom is 0.390 e. The molecule has 6 heteroatoms. The molecule has 0 saturated carbocycles. The second-order valence-electron chi connectivity index (χ2n) is 3.80. The number of carbonyl (C=O) groups is 1. The van der Waals surface area contributed by atoms with Crippen LogP contribution in [0.2, 0.25) is 0 Å². The lowest BCUT2D eigenvalue weighted by Gasteiger charge is -2.08. The van der Waals surface area contributed by atoms with Gasteiger partial charge in [-0.25, -0.2) is 0 Å². The van der Waals surface area contributed by atoms with Gasteiger partial charge in [0.1, 0.15) is 0 Å². The van der Waals surface area contributed by atoms with Crippen LogP contribution in [0.15, 0.2) is 30.3 Å². The number of hydrogen-bond donors (Lipinski definition) is 2. The predicted molar refractivity (Wildman–Crippen MR) is 61.8 cm³/mol. The van der Waals surface area contributed by atoms with Gasteiger partial charge in [0.2, 0.25) is 5.91 Å². The molecule has 0 atom stereocenters. The van der Waals surface area contributed by atoms with E-state index in [1.807, 2.05) is 30.3 Å². The van der Waals surface area contributed by atoms with E-state index in [1.54, 1.807) is 0 Å². The van der Waals surface area contributed by atoms with Gasteiger partial charge in [-0.3, -0.25) is 4.79 Å². The lowest BCUT2D eigenvalue weighted by Crippen LogP contribution is -2.34. The topological polar surface area (TPSA) is 41.1 Å². The van der Waals surface area contributed by atoms with E-state index in [-0.39, 0.29) is 19.0 Å². The highest BCUT2D eigenvalue weighted by Gasteiger charge is 2.25. The van der Waals surface area contributed by atoms with E-state index in [9.17, 15) is 18.0 Å². The van der Waals surface area contributed by atoms with Crippen LogP contribution >= 0.6 is 0 Å². The van der Waals surface area contributed by atoms with E-state index in [0.29, 0.717) is 6.54 Å². The lowest BCUT2D eigenvalue weighted by molar-refractivity contribution is -0.134. The Labute approximate surface area is 103 Å². The van der Waals surface area contributed by atoms with Gasteiger partial charge in [0.25, 0.3) is 0 Å². The lowest BCUT2D eigenvalue weighted by atomic mass is 10.2. The molecular formula is C12H15F3N2O. The second kappa shape index (κ2) is 7.00. The quantitative estimate of drug-likeness (QED) is 0.766. The monoisotopic (exact) mass is 260 g/mol. The number of halogens is 3. The van der Waals surface area contributed by atoms with Crippen LogP contribution in [-0.4, -0.2) is 25.2 Å². The van der Waals surface area contributed by atoms with Gasteiger partial charge in [-0.1, -0.05) is 30.3 Å². The molecule has 0 radical (unpaired) electrons. The highest BCUT2D eigenvalue weighted by Crippen LogP contribution is 2.17.